The number of hydrogen-bond acceptors (Lipinski definition) is 3. The SMILES string of the molecule is C=C/C(O)=C(\C=C)N=Cc1ccccn1. The monoisotopic (exact) mass is 200 g/mol. The third kappa shape index (κ3) is 3.23. The lowest BCUT2D eigenvalue weighted by Gasteiger charge is -1.95. The second kappa shape index (κ2) is 5.54. The van der Waals surface area contributed by atoms with Crippen LogP contribution in [-0.4, -0.2) is 16.3 Å². The molecule has 0 spiro atoms. The average Bonchev–Trinajstić information content (AvgIpc) is 2.31. The first-order valence-electron chi connectivity index (χ1n) is 4.41. The number of aliphatic imine (C=N–C) groups is 1. The van der Waals surface area contributed by atoms with Gasteiger partial charge in [0.25, 0.3) is 0 Å². The fourth-order valence-corrected chi connectivity index (χ4v) is 0.916. The molecule has 0 fully saturated rings. The number of aliphatic hydroxyl groups excluding tert-OH is 1. The van der Waals surface area contributed by atoms with Crippen LogP contribution in [0.15, 0.2) is 66.2 Å². The van der Waals surface area contributed by atoms with E-state index in [9.17, 15) is 5.11 Å². The van der Waals surface area contributed by atoms with Crippen molar-refractivity contribution < 1.29 is 5.11 Å². The Bertz CT molecular complexity index is 405. The third-order valence-corrected chi connectivity index (χ3v) is 1.67. The lowest BCUT2D eigenvalue weighted by Crippen LogP contribution is -1.87. The van der Waals surface area contributed by atoms with Crippen LogP contribution in [0.25, 0.3) is 0 Å². The minimum Gasteiger partial charge on any atom is -0.506 e. The van der Waals surface area contributed by atoms with E-state index in [-0.39, 0.29) is 5.76 Å². The van der Waals surface area contributed by atoms with Crippen molar-refractivity contribution in [2.45, 2.75) is 0 Å². The topological polar surface area (TPSA) is 45.5 Å². The van der Waals surface area contributed by atoms with Crippen molar-refractivity contribution in [3.8, 4) is 0 Å². The zero-order valence-corrected chi connectivity index (χ0v) is 8.30. The first-order valence-corrected chi connectivity index (χ1v) is 4.41. The highest BCUT2D eigenvalue weighted by Gasteiger charge is 1.94. The molecule has 0 aliphatic rings. The van der Waals surface area contributed by atoms with Crippen LogP contribution in [0.3, 0.4) is 0 Å². The molecule has 1 rings (SSSR count). The molecule has 3 heteroatoms. The number of nitrogens with zero attached hydrogens (tertiary/aromatic N) is 2. The number of aliphatic hydroxyl groups is 1. The summed E-state index contributed by atoms with van der Waals surface area (Å²) in [7, 11) is 0. The fraction of sp³-hybridized carbons (Fsp3) is 0. The van der Waals surface area contributed by atoms with Gasteiger partial charge in [-0.15, -0.1) is 0 Å². The molecule has 76 valence electrons. The first kappa shape index (κ1) is 10.9. The van der Waals surface area contributed by atoms with Crippen molar-refractivity contribution in [1.29, 1.82) is 0 Å². The van der Waals surface area contributed by atoms with Crippen molar-refractivity contribution in [2.24, 2.45) is 4.99 Å². The van der Waals surface area contributed by atoms with Crippen molar-refractivity contribution in [2.75, 3.05) is 0 Å². The average molecular weight is 200 g/mol. The summed E-state index contributed by atoms with van der Waals surface area (Å²) < 4.78 is 0. The maximum atomic E-state index is 9.35. The van der Waals surface area contributed by atoms with E-state index in [1.807, 2.05) is 18.2 Å². The predicted molar refractivity (Wildman–Crippen MR) is 61.9 cm³/mol. The van der Waals surface area contributed by atoms with E-state index >= 15 is 0 Å². The van der Waals surface area contributed by atoms with Crippen LogP contribution in [0.1, 0.15) is 5.69 Å². The Hall–Kier alpha value is -2.16. The van der Waals surface area contributed by atoms with Gasteiger partial charge in [0, 0.05) is 6.20 Å². The van der Waals surface area contributed by atoms with Gasteiger partial charge in [0.05, 0.1) is 11.9 Å². The van der Waals surface area contributed by atoms with Gasteiger partial charge in [0.15, 0.2) is 0 Å². The zero-order chi connectivity index (χ0) is 11.1. The molecule has 0 aliphatic heterocycles. The quantitative estimate of drug-likeness (QED) is 0.461. The van der Waals surface area contributed by atoms with Crippen LogP contribution < -0.4 is 0 Å². The highest BCUT2D eigenvalue weighted by Crippen LogP contribution is 2.05. The summed E-state index contributed by atoms with van der Waals surface area (Å²) in [6.45, 7) is 6.98. The second-order valence-electron chi connectivity index (χ2n) is 2.69. The number of pyridine rings is 1. The summed E-state index contributed by atoms with van der Waals surface area (Å²) in [5.74, 6) is -0.00261. The smallest absolute Gasteiger partial charge is 0.140 e. The highest BCUT2D eigenvalue weighted by atomic mass is 16.3. The Morgan fingerprint density at radius 1 is 1.33 bits per heavy atom. The standard InChI is InChI=1S/C12H12N2O/c1-3-11(12(15)4-2)14-9-10-7-5-6-8-13-10/h3-9,15H,1-2H2/b12-11-,14-9?. The minimum absolute atomic E-state index is 0.00261. The van der Waals surface area contributed by atoms with E-state index in [1.54, 1.807) is 12.4 Å². The molecule has 3 nitrogen and oxygen atoms in total. The number of allylic oxidation sites excluding steroid dienone is 2. The fourth-order valence-electron chi connectivity index (χ4n) is 0.916. The summed E-state index contributed by atoms with van der Waals surface area (Å²) in [6, 6.07) is 5.50. The van der Waals surface area contributed by atoms with E-state index in [0.29, 0.717) is 11.4 Å². The van der Waals surface area contributed by atoms with Crippen LogP contribution in [0.2, 0.25) is 0 Å². The van der Waals surface area contributed by atoms with Crippen LogP contribution >= 0.6 is 0 Å². The van der Waals surface area contributed by atoms with Gasteiger partial charge in [-0.05, 0) is 24.3 Å². The molecule has 0 radical (unpaired) electrons. The molecule has 0 bridgehead atoms. The summed E-state index contributed by atoms with van der Waals surface area (Å²) in [6.07, 6.45) is 5.99. The van der Waals surface area contributed by atoms with Gasteiger partial charge >= 0.3 is 0 Å². The molecule has 0 aromatic carbocycles. The molecule has 0 saturated carbocycles. The largest absolute Gasteiger partial charge is 0.506 e. The van der Waals surface area contributed by atoms with Gasteiger partial charge in [-0.1, -0.05) is 19.2 Å². The Balaban J connectivity index is 2.90. The van der Waals surface area contributed by atoms with Gasteiger partial charge in [-0.2, -0.15) is 0 Å². The number of aromatic nitrogens is 1. The molecule has 1 aromatic rings. The van der Waals surface area contributed by atoms with Crippen LogP contribution in [0.5, 0.6) is 0 Å². The van der Waals surface area contributed by atoms with Crippen LogP contribution in [0.4, 0.5) is 0 Å². The first-order chi connectivity index (χ1) is 7.27. The molecular formula is C12H12N2O. The molecule has 1 N–H and O–H groups in total. The molecule has 0 aliphatic carbocycles. The second-order valence-corrected chi connectivity index (χ2v) is 2.69. The molecule has 0 unspecified atom stereocenters. The highest BCUT2D eigenvalue weighted by molar-refractivity contribution is 5.78. The Morgan fingerprint density at radius 2 is 2.13 bits per heavy atom. The molecule has 1 aromatic heterocycles. The Kier molecular flexibility index (Phi) is 4.04. The van der Waals surface area contributed by atoms with Gasteiger partial charge < -0.3 is 5.11 Å². The van der Waals surface area contributed by atoms with E-state index in [4.69, 9.17) is 0 Å². The van der Waals surface area contributed by atoms with Crippen molar-refractivity contribution in [3.63, 3.8) is 0 Å². The molecular weight excluding hydrogens is 188 g/mol. The summed E-state index contributed by atoms with van der Waals surface area (Å²) >= 11 is 0. The Labute approximate surface area is 88.8 Å². The van der Waals surface area contributed by atoms with E-state index < -0.39 is 0 Å². The summed E-state index contributed by atoms with van der Waals surface area (Å²) in [5, 5.41) is 9.35. The van der Waals surface area contributed by atoms with Crippen molar-refractivity contribution >= 4 is 6.21 Å². The van der Waals surface area contributed by atoms with Crippen LogP contribution in [-0.2, 0) is 0 Å². The normalized spacial score (nSPS) is 12.3. The zero-order valence-electron chi connectivity index (χ0n) is 8.30. The molecule has 0 atom stereocenters. The molecule has 0 amide bonds. The summed E-state index contributed by atoms with van der Waals surface area (Å²) in [4.78, 5) is 8.09. The van der Waals surface area contributed by atoms with E-state index in [2.05, 4.69) is 23.1 Å². The van der Waals surface area contributed by atoms with Crippen molar-refractivity contribution in [1.82, 2.24) is 4.98 Å². The van der Waals surface area contributed by atoms with Crippen LogP contribution in [0, 0.1) is 0 Å². The molecule has 0 saturated heterocycles. The predicted octanol–water partition coefficient (Wildman–Crippen LogP) is 2.64. The summed E-state index contributed by atoms with van der Waals surface area (Å²) in [5.41, 5.74) is 1.09. The molecule has 1 heterocycles. The lowest BCUT2D eigenvalue weighted by atomic mass is 10.3. The maximum Gasteiger partial charge on any atom is 0.140 e. The van der Waals surface area contributed by atoms with Crippen molar-refractivity contribution in [3.05, 3.63) is 66.9 Å². The molecule has 15 heavy (non-hydrogen) atoms. The lowest BCUT2D eigenvalue weighted by molar-refractivity contribution is 0.427. The number of rotatable bonds is 4. The minimum atomic E-state index is -0.00261. The van der Waals surface area contributed by atoms with Gasteiger partial charge in [0.1, 0.15) is 11.5 Å². The van der Waals surface area contributed by atoms with Gasteiger partial charge in [-0.3, -0.25) is 9.98 Å². The number of hydrogen-bond donors (Lipinski definition) is 1. The maximum absolute atomic E-state index is 9.35. The van der Waals surface area contributed by atoms with E-state index in [1.165, 1.54) is 12.2 Å². The third-order valence-electron chi connectivity index (χ3n) is 1.67. The van der Waals surface area contributed by atoms with Gasteiger partial charge in [0.2, 0.25) is 0 Å². The Morgan fingerprint density at radius 3 is 2.67 bits per heavy atom. The van der Waals surface area contributed by atoms with Gasteiger partial charge in [-0.25, -0.2) is 0 Å². The van der Waals surface area contributed by atoms with E-state index in [0.717, 1.165) is 0 Å².